The topological polar surface area (TPSA) is 30.5 Å². The second-order valence-electron chi connectivity index (χ2n) is 6.87. The second kappa shape index (κ2) is 4.19. The molecule has 3 nitrogen and oxygen atoms in total. The first kappa shape index (κ1) is 11.7. The van der Waals surface area contributed by atoms with E-state index in [0.717, 1.165) is 38.1 Å². The summed E-state index contributed by atoms with van der Waals surface area (Å²) in [5, 5.41) is 3.91. The van der Waals surface area contributed by atoms with Gasteiger partial charge in [0.15, 0.2) is 0 Å². The largest absolute Gasteiger partial charge is 0.378 e. The van der Waals surface area contributed by atoms with Crippen LogP contribution >= 0.6 is 0 Å². The van der Waals surface area contributed by atoms with Crippen LogP contribution in [-0.2, 0) is 9.47 Å². The third kappa shape index (κ3) is 1.75. The van der Waals surface area contributed by atoms with Crippen molar-refractivity contribution < 1.29 is 9.47 Å². The van der Waals surface area contributed by atoms with Crippen LogP contribution in [0.15, 0.2) is 0 Å². The molecule has 4 aliphatic rings. The number of rotatable bonds is 2. The molecule has 0 aromatic carbocycles. The van der Waals surface area contributed by atoms with Crippen molar-refractivity contribution in [2.24, 2.45) is 11.8 Å². The van der Waals surface area contributed by atoms with Crippen LogP contribution in [0.3, 0.4) is 0 Å². The van der Waals surface area contributed by atoms with Crippen molar-refractivity contribution in [3.63, 3.8) is 0 Å². The standard InChI is InChI=1S/C15H25NO2/c1-5-15(16-7-1,12-2-3-12)13-4-8-18-14(10-13)6-9-17-11-14/h12-13,16H,1-11H2. The lowest BCUT2D eigenvalue weighted by Crippen LogP contribution is -2.54. The van der Waals surface area contributed by atoms with Gasteiger partial charge >= 0.3 is 0 Å². The van der Waals surface area contributed by atoms with Crippen LogP contribution in [-0.4, -0.2) is 37.5 Å². The summed E-state index contributed by atoms with van der Waals surface area (Å²) in [7, 11) is 0. The van der Waals surface area contributed by atoms with Crippen molar-refractivity contribution in [3.8, 4) is 0 Å². The monoisotopic (exact) mass is 251 g/mol. The summed E-state index contributed by atoms with van der Waals surface area (Å²) in [4.78, 5) is 0. The highest BCUT2D eigenvalue weighted by Gasteiger charge is 2.55. The first-order chi connectivity index (χ1) is 8.83. The minimum Gasteiger partial charge on any atom is -0.378 e. The Morgan fingerprint density at radius 3 is 2.61 bits per heavy atom. The molecule has 3 aliphatic heterocycles. The van der Waals surface area contributed by atoms with Gasteiger partial charge in [0.1, 0.15) is 0 Å². The molecule has 0 amide bonds. The highest BCUT2D eigenvalue weighted by molar-refractivity contribution is 5.10. The molecule has 0 aromatic rings. The molecule has 1 N–H and O–H groups in total. The average molecular weight is 251 g/mol. The van der Waals surface area contributed by atoms with Gasteiger partial charge in [0.2, 0.25) is 0 Å². The molecular formula is C15H25NO2. The smallest absolute Gasteiger partial charge is 0.0940 e. The first-order valence-electron chi connectivity index (χ1n) is 7.80. The summed E-state index contributed by atoms with van der Waals surface area (Å²) in [5.74, 6) is 1.78. The van der Waals surface area contributed by atoms with Gasteiger partial charge in [0.05, 0.1) is 12.2 Å². The van der Waals surface area contributed by atoms with E-state index in [1.165, 1.54) is 45.1 Å². The first-order valence-corrected chi connectivity index (χ1v) is 7.80. The highest BCUT2D eigenvalue weighted by atomic mass is 16.6. The third-order valence-electron chi connectivity index (χ3n) is 5.82. The van der Waals surface area contributed by atoms with E-state index in [4.69, 9.17) is 9.47 Å². The number of hydrogen-bond donors (Lipinski definition) is 1. The van der Waals surface area contributed by atoms with Crippen molar-refractivity contribution in [2.45, 2.75) is 56.1 Å². The third-order valence-corrected chi connectivity index (χ3v) is 5.82. The van der Waals surface area contributed by atoms with Crippen LogP contribution in [0.4, 0.5) is 0 Å². The fourth-order valence-electron chi connectivity index (χ4n) is 4.75. The predicted molar refractivity (Wildman–Crippen MR) is 69.5 cm³/mol. The van der Waals surface area contributed by atoms with Crippen molar-refractivity contribution >= 4 is 0 Å². The van der Waals surface area contributed by atoms with Gasteiger partial charge < -0.3 is 14.8 Å². The Hall–Kier alpha value is -0.120. The summed E-state index contributed by atoms with van der Waals surface area (Å²) in [6.45, 7) is 3.92. The quantitative estimate of drug-likeness (QED) is 0.815. The molecule has 0 bridgehead atoms. The zero-order valence-corrected chi connectivity index (χ0v) is 11.2. The van der Waals surface area contributed by atoms with E-state index in [0.29, 0.717) is 5.54 Å². The van der Waals surface area contributed by atoms with E-state index in [1.54, 1.807) is 0 Å². The van der Waals surface area contributed by atoms with Crippen molar-refractivity contribution in [1.29, 1.82) is 0 Å². The van der Waals surface area contributed by atoms with Crippen LogP contribution in [0.25, 0.3) is 0 Å². The highest BCUT2D eigenvalue weighted by Crippen LogP contribution is 2.52. The minimum absolute atomic E-state index is 0.0784. The summed E-state index contributed by atoms with van der Waals surface area (Å²) < 4.78 is 11.7. The molecule has 1 aliphatic carbocycles. The molecule has 3 saturated heterocycles. The second-order valence-corrected chi connectivity index (χ2v) is 6.87. The molecule has 0 radical (unpaired) electrons. The van der Waals surface area contributed by atoms with Crippen molar-refractivity contribution in [1.82, 2.24) is 5.32 Å². The van der Waals surface area contributed by atoms with E-state index in [-0.39, 0.29) is 5.60 Å². The maximum Gasteiger partial charge on any atom is 0.0940 e. The fourth-order valence-corrected chi connectivity index (χ4v) is 4.75. The normalized spacial score (nSPS) is 49.0. The molecule has 1 saturated carbocycles. The van der Waals surface area contributed by atoms with Gasteiger partial charge in [-0.25, -0.2) is 0 Å². The predicted octanol–water partition coefficient (Wildman–Crippen LogP) is 2.10. The molecule has 18 heavy (non-hydrogen) atoms. The Kier molecular flexibility index (Phi) is 2.72. The van der Waals surface area contributed by atoms with Crippen LogP contribution in [0.1, 0.15) is 44.9 Å². The van der Waals surface area contributed by atoms with E-state index in [1.807, 2.05) is 0 Å². The summed E-state index contributed by atoms with van der Waals surface area (Å²) in [6.07, 6.45) is 9.28. The minimum atomic E-state index is 0.0784. The fraction of sp³-hybridized carbons (Fsp3) is 1.00. The number of nitrogens with one attached hydrogen (secondary N) is 1. The van der Waals surface area contributed by atoms with Gasteiger partial charge in [0.25, 0.3) is 0 Å². The maximum atomic E-state index is 6.11. The van der Waals surface area contributed by atoms with E-state index < -0.39 is 0 Å². The van der Waals surface area contributed by atoms with Gasteiger partial charge in [-0.2, -0.15) is 0 Å². The van der Waals surface area contributed by atoms with Crippen LogP contribution in [0.2, 0.25) is 0 Å². The zero-order valence-electron chi connectivity index (χ0n) is 11.2. The van der Waals surface area contributed by atoms with Crippen LogP contribution in [0.5, 0.6) is 0 Å². The Morgan fingerprint density at radius 1 is 1.00 bits per heavy atom. The molecule has 4 rings (SSSR count). The van der Waals surface area contributed by atoms with Crippen molar-refractivity contribution in [3.05, 3.63) is 0 Å². The molecule has 3 heterocycles. The van der Waals surface area contributed by atoms with E-state index in [2.05, 4.69) is 5.32 Å². The van der Waals surface area contributed by atoms with E-state index in [9.17, 15) is 0 Å². The lowest BCUT2D eigenvalue weighted by atomic mass is 9.70. The van der Waals surface area contributed by atoms with Gasteiger partial charge in [-0.3, -0.25) is 0 Å². The summed E-state index contributed by atoms with van der Waals surface area (Å²) >= 11 is 0. The number of hydrogen-bond acceptors (Lipinski definition) is 3. The summed E-state index contributed by atoms with van der Waals surface area (Å²) in [5.41, 5.74) is 0.550. The van der Waals surface area contributed by atoms with Crippen LogP contribution in [0, 0.1) is 11.8 Å². The Labute approximate surface area is 110 Å². The molecular weight excluding hydrogens is 226 g/mol. The molecule has 3 unspecified atom stereocenters. The van der Waals surface area contributed by atoms with Gasteiger partial charge in [-0.15, -0.1) is 0 Å². The SMILES string of the molecule is C1CNC(C2CC2)(C2CCOC3(CCOC3)C2)C1. The Bertz CT molecular complexity index is 314. The van der Waals surface area contributed by atoms with Gasteiger partial charge in [0, 0.05) is 25.2 Å². The van der Waals surface area contributed by atoms with Gasteiger partial charge in [-0.05, 0) is 56.9 Å². The van der Waals surface area contributed by atoms with Gasteiger partial charge in [-0.1, -0.05) is 0 Å². The number of ether oxygens (including phenoxy) is 2. The van der Waals surface area contributed by atoms with Crippen LogP contribution < -0.4 is 5.32 Å². The maximum absolute atomic E-state index is 6.11. The lowest BCUT2D eigenvalue weighted by Gasteiger charge is -2.46. The summed E-state index contributed by atoms with van der Waals surface area (Å²) in [6, 6.07) is 0. The molecule has 0 aromatic heterocycles. The molecule has 3 atom stereocenters. The Balaban J connectivity index is 1.55. The lowest BCUT2D eigenvalue weighted by molar-refractivity contribution is -0.113. The Morgan fingerprint density at radius 2 is 1.94 bits per heavy atom. The molecule has 1 spiro atoms. The average Bonchev–Trinajstić information content (AvgIpc) is 2.98. The van der Waals surface area contributed by atoms with E-state index >= 15 is 0 Å². The molecule has 3 heteroatoms. The molecule has 4 fully saturated rings. The molecule has 102 valence electrons. The zero-order chi connectivity index (χ0) is 12.1. The van der Waals surface area contributed by atoms with Crippen molar-refractivity contribution in [2.75, 3.05) is 26.4 Å².